The Bertz CT molecular complexity index is 569. The molecule has 6 heteroatoms. The number of anilines is 1. The molecule has 0 unspecified atom stereocenters. The van der Waals surface area contributed by atoms with E-state index in [1.807, 2.05) is 13.0 Å². The van der Waals surface area contributed by atoms with Crippen LogP contribution in [0.25, 0.3) is 0 Å². The zero-order valence-electron chi connectivity index (χ0n) is 9.29. The van der Waals surface area contributed by atoms with E-state index in [4.69, 9.17) is 15.7 Å². The van der Waals surface area contributed by atoms with Gasteiger partial charge in [-0.15, -0.1) is 0 Å². The highest BCUT2D eigenvalue weighted by Gasteiger charge is 2.09. The van der Waals surface area contributed by atoms with Crippen LogP contribution in [-0.4, -0.2) is 14.8 Å². The van der Waals surface area contributed by atoms with Crippen molar-refractivity contribution in [1.29, 1.82) is 5.26 Å². The maximum absolute atomic E-state index is 8.82. The molecule has 0 spiro atoms. The number of nitrogen functional groups attached to an aromatic ring is 1. The highest BCUT2D eigenvalue weighted by atomic mass is 16.5. The van der Waals surface area contributed by atoms with E-state index in [0.717, 1.165) is 6.54 Å². The molecule has 0 amide bonds. The summed E-state index contributed by atoms with van der Waals surface area (Å²) in [4.78, 5) is 3.98. The molecule has 0 radical (unpaired) electrons. The van der Waals surface area contributed by atoms with Crippen molar-refractivity contribution < 1.29 is 4.74 Å². The van der Waals surface area contributed by atoms with Crippen molar-refractivity contribution in [1.82, 2.24) is 14.8 Å². The Hall–Kier alpha value is -2.55. The molecule has 0 saturated heterocycles. The normalized spacial score (nSPS) is 9.88. The van der Waals surface area contributed by atoms with Gasteiger partial charge in [-0.05, 0) is 13.0 Å². The van der Waals surface area contributed by atoms with Crippen LogP contribution in [0.3, 0.4) is 0 Å². The minimum atomic E-state index is 0.222. The lowest BCUT2D eigenvalue weighted by molar-refractivity contribution is 0.464. The fourth-order valence-corrected chi connectivity index (χ4v) is 1.31. The highest BCUT2D eigenvalue weighted by molar-refractivity contribution is 5.60. The van der Waals surface area contributed by atoms with Gasteiger partial charge in [0.05, 0.1) is 18.0 Å². The number of ether oxygens (including phenoxy) is 1. The number of rotatable bonds is 3. The first-order chi connectivity index (χ1) is 8.24. The van der Waals surface area contributed by atoms with Crippen molar-refractivity contribution in [3.63, 3.8) is 0 Å². The summed E-state index contributed by atoms with van der Waals surface area (Å²) in [5, 5.41) is 12.9. The second-order valence-corrected chi connectivity index (χ2v) is 3.32. The third-order valence-corrected chi connectivity index (χ3v) is 2.22. The molecule has 0 fully saturated rings. The summed E-state index contributed by atoms with van der Waals surface area (Å²) in [6.45, 7) is 2.73. The van der Waals surface area contributed by atoms with E-state index in [1.165, 1.54) is 12.3 Å². The van der Waals surface area contributed by atoms with Gasteiger partial charge in [-0.2, -0.15) is 10.4 Å². The number of hydrogen-bond acceptors (Lipinski definition) is 5. The molecule has 2 aromatic heterocycles. The van der Waals surface area contributed by atoms with E-state index in [9.17, 15) is 0 Å². The first kappa shape index (κ1) is 11.0. The van der Waals surface area contributed by atoms with Crippen LogP contribution in [0.15, 0.2) is 24.7 Å². The third kappa shape index (κ3) is 2.18. The molecule has 0 aliphatic carbocycles. The quantitative estimate of drug-likeness (QED) is 0.862. The maximum atomic E-state index is 8.82. The maximum Gasteiger partial charge on any atom is 0.244 e. The predicted octanol–water partition coefficient (Wildman–Crippen LogP) is 1.54. The van der Waals surface area contributed by atoms with Gasteiger partial charge in [0.25, 0.3) is 0 Å². The van der Waals surface area contributed by atoms with E-state index < -0.39 is 0 Å². The predicted molar refractivity (Wildman–Crippen MR) is 61.3 cm³/mol. The molecule has 0 bridgehead atoms. The van der Waals surface area contributed by atoms with Crippen molar-refractivity contribution in [3.05, 3.63) is 30.2 Å². The number of aryl methyl sites for hydroxylation is 1. The summed E-state index contributed by atoms with van der Waals surface area (Å²) < 4.78 is 7.19. The summed E-state index contributed by atoms with van der Waals surface area (Å²) in [6.07, 6.45) is 4.79. The van der Waals surface area contributed by atoms with E-state index in [-0.39, 0.29) is 11.6 Å². The Morgan fingerprint density at radius 2 is 2.41 bits per heavy atom. The molecular weight excluding hydrogens is 218 g/mol. The number of pyridine rings is 1. The Labute approximate surface area is 98.3 Å². The van der Waals surface area contributed by atoms with Crippen LogP contribution in [0.1, 0.15) is 12.5 Å². The monoisotopic (exact) mass is 229 g/mol. The fourth-order valence-electron chi connectivity index (χ4n) is 1.31. The molecule has 2 aromatic rings. The summed E-state index contributed by atoms with van der Waals surface area (Å²) in [6, 6.07) is 3.51. The van der Waals surface area contributed by atoms with Crippen LogP contribution in [0.4, 0.5) is 5.69 Å². The standard InChI is InChI=1S/C11H11N5O/c1-2-16-7-9(6-15-16)17-11-10(13)8(5-12)3-4-14-11/h3-4,6-7H,2,13H2,1H3. The van der Waals surface area contributed by atoms with Crippen LogP contribution < -0.4 is 10.5 Å². The number of nitrogens with two attached hydrogens (primary N) is 1. The van der Waals surface area contributed by atoms with E-state index in [0.29, 0.717) is 11.3 Å². The molecule has 6 nitrogen and oxygen atoms in total. The van der Waals surface area contributed by atoms with Crippen LogP contribution in [0.2, 0.25) is 0 Å². The zero-order chi connectivity index (χ0) is 12.3. The summed E-state index contributed by atoms with van der Waals surface area (Å²) in [5.74, 6) is 0.765. The lowest BCUT2D eigenvalue weighted by atomic mass is 10.2. The molecule has 17 heavy (non-hydrogen) atoms. The molecule has 0 aliphatic heterocycles. The number of nitriles is 1. The van der Waals surface area contributed by atoms with Gasteiger partial charge in [0, 0.05) is 12.7 Å². The fraction of sp³-hybridized carbons (Fsp3) is 0.182. The second-order valence-electron chi connectivity index (χ2n) is 3.32. The van der Waals surface area contributed by atoms with E-state index in [1.54, 1.807) is 17.1 Å². The summed E-state index contributed by atoms with van der Waals surface area (Å²) in [7, 11) is 0. The van der Waals surface area contributed by atoms with Gasteiger partial charge in [-0.1, -0.05) is 0 Å². The van der Waals surface area contributed by atoms with Crippen molar-refractivity contribution in [2.24, 2.45) is 0 Å². The van der Waals surface area contributed by atoms with Crippen LogP contribution in [0, 0.1) is 11.3 Å². The third-order valence-electron chi connectivity index (χ3n) is 2.22. The minimum Gasteiger partial charge on any atom is -0.434 e. The second kappa shape index (κ2) is 4.53. The van der Waals surface area contributed by atoms with Crippen LogP contribution >= 0.6 is 0 Å². The largest absolute Gasteiger partial charge is 0.434 e. The van der Waals surface area contributed by atoms with Gasteiger partial charge in [-0.3, -0.25) is 4.68 Å². The smallest absolute Gasteiger partial charge is 0.244 e. The van der Waals surface area contributed by atoms with Crippen molar-refractivity contribution in [2.45, 2.75) is 13.5 Å². The first-order valence-corrected chi connectivity index (χ1v) is 5.09. The Kier molecular flexibility index (Phi) is 2.92. The molecule has 0 saturated carbocycles. The number of aromatic nitrogens is 3. The van der Waals surface area contributed by atoms with Crippen molar-refractivity contribution >= 4 is 5.69 Å². The average Bonchev–Trinajstić information content (AvgIpc) is 2.79. The lowest BCUT2D eigenvalue weighted by Gasteiger charge is -2.05. The van der Waals surface area contributed by atoms with Crippen molar-refractivity contribution in [3.8, 4) is 17.7 Å². The molecule has 2 rings (SSSR count). The molecule has 0 aliphatic rings. The van der Waals surface area contributed by atoms with Gasteiger partial charge in [0.2, 0.25) is 5.88 Å². The SMILES string of the molecule is CCn1cc(Oc2nccc(C#N)c2N)cn1. The molecule has 86 valence electrons. The Morgan fingerprint density at radius 1 is 1.59 bits per heavy atom. The van der Waals surface area contributed by atoms with Gasteiger partial charge in [0.1, 0.15) is 11.8 Å². The molecule has 0 aromatic carbocycles. The molecular formula is C11H11N5O. The topological polar surface area (TPSA) is 89.8 Å². The highest BCUT2D eigenvalue weighted by Crippen LogP contribution is 2.26. The van der Waals surface area contributed by atoms with Gasteiger partial charge >= 0.3 is 0 Å². The average molecular weight is 229 g/mol. The Balaban J connectivity index is 2.27. The first-order valence-electron chi connectivity index (χ1n) is 5.09. The van der Waals surface area contributed by atoms with Crippen LogP contribution in [0.5, 0.6) is 11.6 Å². The van der Waals surface area contributed by atoms with Gasteiger partial charge in [0.15, 0.2) is 5.75 Å². The molecule has 2 heterocycles. The molecule has 0 atom stereocenters. The van der Waals surface area contributed by atoms with Crippen LogP contribution in [-0.2, 0) is 6.54 Å². The lowest BCUT2D eigenvalue weighted by Crippen LogP contribution is -1.97. The number of hydrogen-bond donors (Lipinski definition) is 1. The van der Waals surface area contributed by atoms with Crippen molar-refractivity contribution in [2.75, 3.05) is 5.73 Å². The van der Waals surface area contributed by atoms with E-state index >= 15 is 0 Å². The molecule has 2 N–H and O–H groups in total. The summed E-state index contributed by atoms with van der Waals surface area (Å²) >= 11 is 0. The minimum absolute atomic E-state index is 0.222. The Morgan fingerprint density at radius 3 is 3.06 bits per heavy atom. The van der Waals surface area contributed by atoms with E-state index in [2.05, 4.69) is 10.1 Å². The van der Waals surface area contributed by atoms with Gasteiger partial charge < -0.3 is 10.5 Å². The number of nitrogens with zero attached hydrogens (tertiary/aromatic N) is 4. The van der Waals surface area contributed by atoms with Gasteiger partial charge in [-0.25, -0.2) is 4.98 Å². The zero-order valence-corrected chi connectivity index (χ0v) is 9.29. The summed E-state index contributed by atoms with van der Waals surface area (Å²) in [5.41, 5.74) is 6.32.